The van der Waals surface area contributed by atoms with Crippen molar-refractivity contribution in [1.29, 1.82) is 0 Å². The average Bonchev–Trinajstić information content (AvgIpc) is 2.74. The van der Waals surface area contributed by atoms with Gasteiger partial charge in [0, 0.05) is 33.9 Å². The summed E-state index contributed by atoms with van der Waals surface area (Å²) in [5.41, 5.74) is 1.70. The highest BCUT2D eigenvalue weighted by Gasteiger charge is 2.15. The largest absolute Gasteiger partial charge is 0.386 e. The van der Waals surface area contributed by atoms with E-state index in [0.29, 0.717) is 22.9 Å². The van der Waals surface area contributed by atoms with Gasteiger partial charge in [-0.3, -0.25) is 9.59 Å². The Bertz CT molecular complexity index is 1070. The highest BCUT2D eigenvalue weighted by Crippen LogP contribution is 2.18. The molecule has 5 nitrogen and oxygen atoms in total. The Labute approximate surface area is 186 Å². The summed E-state index contributed by atoms with van der Waals surface area (Å²) in [7, 11) is 0. The van der Waals surface area contributed by atoms with E-state index in [2.05, 4.69) is 26.6 Å². The molecule has 160 valence electrons. The van der Waals surface area contributed by atoms with Gasteiger partial charge in [0.2, 0.25) is 5.91 Å². The van der Waals surface area contributed by atoms with Crippen molar-refractivity contribution in [2.24, 2.45) is 0 Å². The number of aliphatic hydroxyl groups excluding tert-OH is 1. The number of hydrogen-bond acceptors (Lipinski definition) is 3. The normalized spacial score (nSPS) is 11.6. The zero-order valence-corrected chi connectivity index (χ0v) is 17.8. The fraction of sp³-hybridized carbons (Fsp3) is 0.130. The Morgan fingerprint density at radius 1 is 0.968 bits per heavy atom. The molecule has 1 atom stereocenters. The first kappa shape index (κ1) is 22.6. The number of nitrogens with one attached hydrogen (secondary N) is 2. The number of rotatable bonds is 7. The number of carbonyl (C=O) groups is 2. The van der Waals surface area contributed by atoms with Crippen LogP contribution in [-0.2, 0) is 11.2 Å². The number of aliphatic hydroxyl groups is 1. The standard InChI is InChI=1S/C23H19BrF2N2O3/c24-16-5-3-15(4-6-16)23(31)28-18-8-1-14(2-9-18)11-22(30)27-13-21(29)19-10-7-17(25)12-20(19)26/h1-10,12,21,29H,11,13H2,(H,27,30)(H,28,31). The van der Waals surface area contributed by atoms with Crippen molar-refractivity contribution >= 4 is 33.4 Å². The van der Waals surface area contributed by atoms with Crippen LogP contribution in [0.5, 0.6) is 0 Å². The number of hydrogen-bond donors (Lipinski definition) is 3. The van der Waals surface area contributed by atoms with Crippen LogP contribution in [0.2, 0.25) is 0 Å². The minimum Gasteiger partial charge on any atom is -0.386 e. The fourth-order valence-corrected chi connectivity index (χ4v) is 3.11. The second kappa shape index (κ2) is 10.3. The minimum atomic E-state index is -1.29. The van der Waals surface area contributed by atoms with Crippen LogP contribution in [0, 0.1) is 11.6 Å². The molecule has 0 fully saturated rings. The molecule has 0 bridgehead atoms. The summed E-state index contributed by atoms with van der Waals surface area (Å²) in [6, 6.07) is 16.6. The molecular weight excluding hydrogens is 470 g/mol. The van der Waals surface area contributed by atoms with Gasteiger partial charge in [0.25, 0.3) is 5.91 Å². The van der Waals surface area contributed by atoms with E-state index in [-0.39, 0.29) is 30.3 Å². The molecule has 3 aromatic rings. The maximum atomic E-state index is 13.7. The van der Waals surface area contributed by atoms with Crippen molar-refractivity contribution in [3.05, 3.63) is 99.5 Å². The first-order valence-corrected chi connectivity index (χ1v) is 10.2. The Morgan fingerprint density at radius 3 is 2.29 bits per heavy atom. The number of carbonyl (C=O) groups excluding carboxylic acids is 2. The fourth-order valence-electron chi connectivity index (χ4n) is 2.85. The molecule has 31 heavy (non-hydrogen) atoms. The molecule has 0 spiro atoms. The van der Waals surface area contributed by atoms with Gasteiger partial charge >= 0.3 is 0 Å². The summed E-state index contributed by atoms with van der Waals surface area (Å²) in [5, 5.41) is 15.3. The second-order valence-electron chi connectivity index (χ2n) is 6.82. The molecule has 8 heteroatoms. The smallest absolute Gasteiger partial charge is 0.255 e. The van der Waals surface area contributed by atoms with Crippen LogP contribution < -0.4 is 10.6 Å². The SMILES string of the molecule is O=C(Cc1ccc(NC(=O)c2ccc(Br)cc2)cc1)NCC(O)c1ccc(F)cc1F. The van der Waals surface area contributed by atoms with Gasteiger partial charge in [0.05, 0.1) is 12.5 Å². The number of halogens is 3. The summed E-state index contributed by atoms with van der Waals surface area (Å²) in [4.78, 5) is 24.3. The molecule has 3 N–H and O–H groups in total. The van der Waals surface area contributed by atoms with Gasteiger partial charge in [-0.1, -0.05) is 34.1 Å². The summed E-state index contributed by atoms with van der Waals surface area (Å²) >= 11 is 3.32. The molecule has 0 saturated heterocycles. The molecule has 0 aliphatic rings. The highest BCUT2D eigenvalue weighted by molar-refractivity contribution is 9.10. The third-order valence-corrected chi connectivity index (χ3v) is 5.03. The number of anilines is 1. The van der Waals surface area contributed by atoms with Crippen molar-refractivity contribution in [3.63, 3.8) is 0 Å². The minimum absolute atomic E-state index is 0.0412. The third-order valence-electron chi connectivity index (χ3n) is 4.50. The first-order chi connectivity index (χ1) is 14.8. The van der Waals surface area contributed by atoms with E-state index in [1.165, 1.54) is 0 Å². The van der Waals surface area contributed by atoms with E-state index in [1.54, 1.807) is 48.5 Å². The first-order valence-electron chi connectivity index (χ1n) is 9.37. The number of benzene rings is 3. The van der Waals surface area contributed by atoms with Crippen LogP contribution in [0.1, 0.15) is 27.6 Å². The zero-order valence-electron chi connectivity index (χ0n) is 16.2. The van der Waals surface area contributed by atoms with E-state index < -0.39 is 17.7 Å². The summed E-state index contributed by atoms with van der Waals surface area (Å²) < 4.78 is 27.5. The Hall–Kier alpha value is -3.10. The van der Waals surface area contributed by atoms with Crippen molar-refractivity contribution in [3.8, 4) is 0 Å². The van der Waals surface area contributed by atoms with Crippen LogP contribution in [-0.4, -0.2) is 23.5 Å². The molecule has 1 unspecified atom stereocenters. The predicted molar refractivity (Wildman–Crippen MR) is 117 cm³/mol. The van der Waals surface area contributed by atoms with Gasteiger partial charge in [-0.25, -0.2) is 8.78 Å². The van der Waals surface area contributed by atoms with E-state index in [0.717, 1.165) is 16.6 Å². The third kappa shape index (κ3) is 6.44. The second-order valence-corrected chi connectivity index (χ2v) is 7.74. The van der Waals surface area contributed by atoms with Crippen LogP contribution in [0.4, 0.5) is 14.5 Å². The molecule has 3 aromatic carbocycles. The monoisotopic (exact) mass is 488 g/mol. The Morgan fingerprint density at radius 2 is 1.65 bits per heavy atom. The van der Waals surface area contributed by atoms with Gasteiger partial charge in [-0.05, 0) is 48.0 Å². The maximum absolute atomic E-state index is 13.7. The average molecular weight is 489 g/mol. The summed E-state index contributed by atoms with van der Waals surface area (Å²) in [5.74, 6) is -2.23. The van der Waals surface area contributed by atoms with Gasteiger partial charge in [0.1, 0.15) is 11.6 Å². The van der Waals surface area contributed by atoms with Gasteiger partial charge < -0.3 is 15.7 Å². The number of amides is 2. The van der Waals surface area contributed by atoms with E-state index in [1.807, 2.05) is 0 Å². The molecule has 3 rings (SSSR count). The van der Waals surface area contributed by atoms with Crippen molar-refractivity contribution in [2.45, 2.75) is 12.5 Å². The van der Waals surface area contributed by atoms with Crippen molar-refractivity contribution < 1.29 is 23.5 Å². The summed E-state index contributed by atoms with van der Waals surface area (Å²) in [6.07, 6.45) is -1.25. The predicted octanol–water partition coefficient (Wildman–Crippen LogP) is 4.37. The van der Waals surface area contributed by atoms with E-state index in [9.17, 15) is 23.5 Å². The van der Waals surface area contributed by atoms with E-state index >= 15 is 0 Å². The molecule has 0 aromatic heterocycles. The van der Waals surface area contributed by atoms with Crippen LogP contribution in [0.25, 0.3) is 0 Å². The zero-order chi connectivity index (χ0) is 22.4. The molecule has 0 saturated carbocycles. The Balaban J connectivity index is 1.50. The maximum Gasteiger partial charge on any atom is 0.255 e. The molecular formula is C23H19BrF2N2O3. The molecule has 2 amide bonds. The molecule has 0 aliphatic carbocycles. The van der Waals surface area contributed by atoms with Crippen LogP contribution in [0.3, 0.4) is 0 Å². The van der Waals surface area contributed by atoms with Crippen LogP contribution >= 0.6 is 15.9 Å². The lowest BCUT2D eigenvalue weighted by Gasteiger charge is -2.13. The Kier molecular flexibility index (Phi) is 7.49. The van der Waals surface area contributed by atoms with Crippen molar-refractivity contribution in [2.75, 3.05) is 11.9 Å². The molecule has 0 aliphatic heterocycles. The van der Waals surface area contributed by atoms with Crippen LogP contribution in [0.15, 0.2) is 71.2 Å². The molecule has 0 radical (unpaired) electrons. The lowest BCUT2D eigenvalue weighted by molar-refractivity contribution is -0.120. The van der Waals surface area contributed by atoms with Crippen molar-refractivity contribution in [1.82, 2.24) is 5.32 Å². The summed E-state index contributed by atoms with van der Waals surface area (Å²) in [6.45, 7) is -0.206. The van der Waals surface area contributed by atoms with Gasteiger partial charge in [-0.15, -0.1) is 0 Å². The quantitative estimate of drug-likeness (QED) is 0.461. The van der Waals surface area contributed by atoms with Gasteiger partial charge in [0.15, 0.2) is 0 Å². The lowest BCUT2D eigenvalue weighted by Crippen LogP contribution is -2.30. The molecule has 0 heterocycles. The highest BCUT2D eigenvalue weighted by atomic mass is 79.9. The van der Waals surface area contributed by atoms with Gasteiger partial charge in [-0.2, -0.15) is 0 Å². The van der Waals surface area contributed by atoms with E-state index in [4.69, 9.17) is 0 Å². The lowest BCUT2D eigenvalue weighted by atomic mass is 10.1. The topological polar surface area (TPSA) is 78.4 Å².